The minimum atomic E-state index is 0. The number of nitrogens with zero attached hydrogens (tertiary/aromatic N) is 4. The molecule has 33 heavy (non-hydrogen) atoms. The molecule has 0 radical (unpaired) electrons. The number of rotatable bonds is 10. The van der Waals surface area contributed by atoms with Gasteiger partial charge in [-0.1, -0.05) is 30.3 Å². The van der Waals surface area contributed by atoms with Crippen LogP contribution in [-0.4, -0.2) is 48.0 Å². The van der Waals surface area contributed by atoms with Gasteiger partial charge in [0.25, 0.3) is 0 Å². The number of aromatic nitrogens is 3. The van der Waals surface area contributed by atoms with Gasteiger partial charge in [-0.3, -0.25) is 0 Å². The van der Waals surface area contributed by atoms with Gasteiger partial charge in [0.05, 0.1) is 14.2 Å². The van der Waals surface area contributed by atoms with Gasteiger partial charge >= 0.3 is 0 Å². The van der Waals surface area contributed by atoms with Crippen molar-refractivity contribution in [3.05, 3.63) is 71.3 Å². The number of benzene rings is 2. The molecule has 3 rings (SSSR count). The summed E-state index contributed by atoms with van der Waals surface area (Å²) in [4.78, 5) is 4.72. The van der Waals surface area contributed by atoms with E-state index in [0.717, 1.165) is 60.6 Å². The number of aryl methyl sites for hydroxylation is 1. The largest absolute Gasteiger partial charge is 0.497 e. The Bertz CT molecular complexity index is 1020. The van der Waals surface area contributed by atoms with Crippen molar-refractivity contribution >= 4 is 29.9 Å². The maximum Gasteiger partial charge on any atom is 0.191 e. The number of hydrogen-bond acceptors (Lipinski definition) is 5. The first kappa shape index (κ1) is 26.4. The van der Waals surface area contributed by atoms with E-state index in [0.29, 0.717) is 6.54 Å². The Morgan fingerprint density at radius 2 is 1.64 bits per heavy atom. The van der Waals surface area contributed by atoms with Gasteiger partial charge in [0, 0.05) is 20.1 Å². The summed E-state index contributed by atoms with van der Waals surface area (Å²) >= 11 is 0. The van der Waals surface area contributed by atoms with Crippen LogP contribution in [0.2, 0.25) is 0 Å². The molecule has 0 aliphatic rings. The van der Waals surface area contributed by atoms with Gasteiger partial charge in [-0.2, -0.15) is 0 Å². The third kappa shape index (κ3) is 7.92. The van der Waals surface area contributed by atoms with Crippen LogP contribution in [0.25, 0.3) is 0 Å². The lowest BCUT2D eigenvalue weighted by Crippen LogP contribution is -2.39. The van der Waals surface area contributed by atoms with E-state index < -0.39 is 0 Å². The van der Waals surface area contributed by atoms with Crippen LogP contribution in [0, 0.1) is 6.92 Å². The number of methoxy groups -OCH3 is 2. The topological polar surface area (TPSA) is 85.6 Å². The molecule has 178 valence electrons. The van der Waals surface area contributed by atoms with Crippen LogP contribution in [0.5, 0.6) is 11.5 Å². The second kappa shape index (κ2) is 13.7. The van der Waals surface area contributed by atoms with Crippen molar-refractivity contribution in [1.82, 2.24) is 25.4 Å². The Balaban J connectivity index is 0.00000385. The molecule has 0 unspecified atom stereocenters. The van der Waals surface area contributed by atoms with Crippen molar-refractivity contribution in [2.45, 2.75) is 26.3 Å². The third-order valence-electron chi connectivity index (χ3n) is 5.31. The molecule has 0 saturated heterocycles. The summed E-state index contributed by atoms with van der Waals surface area (Å²) < 4.78 is 12.6. The number of halogens is 1. The molecule has 0 spiro atoms. The molecular weight excluding hydrogens is 531 g/mol. The first-order chi connectivity index (χ1) is 15.6. The number of nitrogens with one attached hydrogen (secondary N) is 2. The summed E-state index contributed by atoms with van der Waals surface area (Å²) in [5, 5.41) is 15.2. The zero-order valence-electron chi connectivity index (χ0n) is 19.7. The number of para-hydroxylation sites is 1. The normalized spacial score (nSPS) is 11.0. The number of hydrogen-bond donors (Lipinski definition) is 2. The summed E-state index contributed by atoms with van der Waals surface area (Å²) in [6.45, 7) is 3.86. The van der Waals surface area contributed by atoms with Gasteiger partial charge in [0.2, 0.25) is 0 Å². The summed E-state index contributed by atoms with van der Waals surface area (Å²) in [7, 11) is 5.32. The van der Waals surface area contributed by atoms with Crippen LogP contribution < -0.4 is 20.1 Å². The lowest BCUT2D eigenvalue weighted by Gasteiger charge is -2.14. The summed E-state index contributed by atoms with van der Waals surface area (Å²) in [5.74, 6) is 4.20. The standard InChI is InChI=1S/C24H32N6O2.HI/c1-18-28-29-23(30(18)2)17-27-24(25-15-13-19-9-11-21(31-3)12-10-19)26-16-14-20-7-5-6-8-22(20)32-4;/h5-12H,13-17H2,1-4H3,(H2,25,26,27);1H. The minimum Gasteiger partial charge on any atom is -0.497 e. The fourth-order valence-corrected chi connectivity index (χ4v) is 3.26. The van der Waals surface area contributed by atoms with E-state index in [4.69, 9.17) is 14.5 Å². The summed E-state index contributed by atoms with van der Waals surface area (Å²) in [6, 6.07) is 16.2. The van der Waals surface area contributed by atoms with Gasteiger partial charge in [-0.25, -0.2) is 4.99 Å². The number of guanidine groups is 1. The number of ether oxygens (including phenoxy) is 2. The molecule has 0 aliphatic heterocycles. The highest BCUT2D eigenvalue weighted by molar-refractivity contribution is 14.0. The SMILES string of the molecule is COc1ccc(CCNC(=NCc2nnc(C)n2C)NCCc2ccccc2OC)cc1.I. The van der Waals surface area contributed by atoms with Crippen LogP contribution in [0.4, 0.5) is 0 Å². The van der Waals surface area contributed by atoms with E-state index in [1.54, 1.807) is 14.2 Å². The molecule has 0 amide bonds. The van der Waals surface area contributed by atoms with Crippen molar-refractivity contribution < 1.29 is 9.47 Å². The summed E-state index contributed by atoms with van der Waals surface area (Å²) in [5.41, 5.74) is 2.39. The van der Waals surface area contributed by atoms with E-state index in [1.165, 1.54) is 5.56 Å². The first-order valence-corrected chi connectivity index (χ1v) is 10.7. The molecule has 0 atom stereocenters. The second-order valence-corrected chi connectivity index (χ2v) is 7.40. The summed E-state index contributed by atoms with van der Waals surface area (Å²) in [6.07, 6.45) is 1.70. The van der Waals surface area contributed by atoms with Crippen molar-refractivity contribution in [2.75, 3.05) is 27.3 Å². The average Bonchev–Trinajstić information content (AvgIpc) is 3.15. The Morgan fingerprint density at radius 3 is 2.27 bits per heavy atom. The molecule has 1 aromatic heterocycles. The molecule has 9 heteroatoms. The van der Waals surface area contributed by atoms with Gasteiger partial charge in [-0.05, 0) is 49.1 Å². The number of aliphatic imine (C=N–C) groups is 1. The highest BCUT2D eigenvalue weighted by atomic mass is 127. The van der Waals surface area contributed by atoms with Crippen LogP contribution in [-0.2, 0) is 26.4 Å². The Hall–Kier alpha value is -2.82. The van der Waals surface area contributed by atoms with E-state index >= 15 is 0 Å². The average molecular weight is 564 g/mol. The van der Waals surface area contributed by atoms with Crippen LogP contribution >= 0.6 is 24.0 Å². The molecule has 1 heterocycles. The highest BCUT2D eigenvalue weighted by Gasteiger charge is 2.07. The smallest absolute Gasteiger partial charge is 0.191 e. The maximum absolute atomic E-state index is 5.45. The lowest BCUT2D eigenvalue weighted by molar-refractivity contribution is 0.409. The molecule has 0 aliphatic carbocycles. The molecule has 8 nitrogen and oxygen atoms in total. The fourth-order valence-electron chi connectivity index (χ4n) is 3.26. The highest BCUT2D eigenvalue weighted by Crippen LogP contribution is 2.17. The van der Waals surface area contributed by atoms with E-state index in [1.807, 2.05) is 48.9 Å². The van der Waals surface area contributed by atoms with Crippen LogP contribution in [0.1, 0.15) is 22.8 Å². The van der Waals surface area contributed by atoms with Gasteiger partial charge < -0.3 is 24.7 Å². The minimum absolute atomic E-state index is 0. The van der Waals surface area contributed by atoms with Crippen molar-refractivity contribution in [3.63, 3.8) is 0 Å². The lowest BCUT2D eigenvalue weighted by atomic mass is 10.1. The quantitative estimate of drug-likeness (QED) is 0.224. The molecular formula is C24H33IN6O2. The first-order valence-electron chi connectivity index (χ1n) is 10.7. The second-order valence-electron chi connectivity index (χ2n) is 7.40. The maximum atomic E-state index is 5.45. The van der Waals surface area contributed by atoms with Crippen LogP contribution in [0.3, 0.4) is 0 Å². The van der Waals surface area contributed by atoms with Gasteiger partial charge in [-0.15, -0.1) is 34.2 Å². The van der Waals surface area contributed by atoms with Crippen LogP contribution in [0.15, 0.2) is 53.5 Å². The molecule has 0 fully saturated rings. The van der Waals surface area contributed by atoms with E-state index in [-0.39, 0.29) is 24.0 Å². The van der Waals surface area contributed by atoms with Gasteiger partial charge in [0.1, 0.15) is 23.9 Å². The Labute approximate surface area is 212 Å². The molecule has 0 bridgehead atoms. The van der Waals surface area contributed by atoms with Crippen molar-refractivity contribution in [1.29, 1.82) is 0 Å². The predicted molar refractivity (Wildman–Crippen MR) is 142 cm³/mol. The predicted octanol–water partition coefficient (Wildman–Crippen LogP) is 3.28. The fraction of sp³-hybridized carbons (Fsp3) is 0.375. The molecule has 3 aromatic rings. The molecule has 2 aromatic carbocycles. The zero-order chi connectivity index (χ0) is 22.8. The Kier molecular flexibility index (Phi) is 10.9. The van der Waals surface area contributed by atoms with Gasteiger partial charge in [0.15, 0.2) is 11.8 Å². The monoisotopic (exact) mass is 564 g/mol. The molecule has 0 saturated carbocycles. The van der Waals surface area contributed by atoms with E-state index in [2.05, 4.69) is 39.0 Å². The van der Waals surface area contributed by atoms with E-state index in [9.17, 15) is 0 Å². The Morgan fingerprint density at radius 1 is 0.939 bits per heavy atom. The zero-order valence-corrected chi connectivity index (χ0v) is 22.0. The van der Waals surface area contributed by atoms with Crippen molar-refractivity contribution in [2.24, 2.45) is 12.0 Å². The molecule has 2 N–H and O–H groups in total. The van der Waals surface area contributed by atoms with Crippen molar-refractivity contribution in [3.8, 4) is 11.5 Å². The third-order valence-corrected chi connectivity index (χ3v) is 5.31.